The maximum Gasteiger partial charge on any atom is 0.326 e. The Morgan fingerprint density at radius 3 is 2.32 bits per heavy atom. The number of nitrogens with zero attached hydrogens (tertiary/aromatic N) is 1. The molecule has 0 heterocycles. The molecular formula is C12H23N3O4. The van der Waals surface area contributed by atoms with Crippen LogP contribution in [0.25, 0.3) is 0 Å². The fraction of sp³-hybridized carbons (Fsp3) is 0.750. The molecule has 0 aromatic heterocycles. The number of hydrogen-bond donors (Lipinski definition) is 3. The van der Waals surface area contributed by atoms with Crippen LogP contribution in [0.4, 0.5) is 4.79 Å². The van der Waals surface area contributed by atoms with Crippen molar-refractivity contribution < 1.29 is 19.5 Å². The fourth-order valence-corrected chi connectivity index (χ4v) is 1.41. The van der Waals surface area contributed by atoms with Gasteiger partial charge in [0.05, 0.1) is 0 Å². The summed E-state index contributed by atoms with van der Waals surface area (Å²) in [4.78, 5) is 35.2. The third-order valence-corrected chi connectivity index (χ3v) is 2.47. The molecule has 0 aromatic rings. The number of likely N-dealkylation sites (N-methyl/N-ethyl adjacent to an activating group) is 1. The molecule has 0 saturated heterocycles. The molecule has 0 aliphatic rings. The Hall–Kier alpha value is -1.79. The number of carbonyl (C=O) groups is 3. The highest BCUT2D eigenvalue weighted by Gasteiger charge is 2.21. The van der Waals surface area contributed by atoms with Gasteiger partial charge >= 0.3 is 12.0 Å². The lowest BCUT2D eigenvalue weighted by molar-refractivity contribution is -0.139. The van der Waals surface area contributed by atoms with Gasteiger partial charge in [0.2, 0.25) is 5.91 Å². The van der Waals surface area contributed by atoms with E-state index in [1.54, 1.807) is 0 Å². The quantitative estimate of drug-likeness (QED) is 0.596. The van der Waals surface area contributed by atoms with E-state index < -0.39 is 18.0 Å². The number of urea groups is 1. The van der Waals surface area contributed by atoms with E-state index in [4.69, 9.17) is 5.11 Å². The van der Waals surface area contributed by atoms with Gasteiger partial charge in [-0.15, -0.1) is 0 Å². The van der Waals surface area contributed by atoms with E-state index in [-0.39, 0.29) is 12.5 Å². The molecule has 3 amide bonds. The van der Waals surface area contributed by atoms with Crippen LogP contribution < -0.4 is 10.6 Å². The molecule has 7 heteroatoms. The predicted octanol–water partition coefficient (Wildman–Crippen LogP) is 0.407. The van der Waals surface area contributed by atoms with Crippen LogP contribution in [0, 0.1) is 0 Å². The molecule has 0 rings (SSSR count). The highest BCUT2D eigenvalue weighted by Crippen LogP contribution is 1.98. The van der Waals surface area contributed by atoms with Crippen molar-refractivity contribution in [2.24, 2.45) is 0 Å². The molecule has 0 radical (unpaired) electrons. The summed E-state index contributed by atoms with van der Waals surface area (Å²) >= 11 is 0. The molecule has 0 spiro atoms. The molecule has 0 fully saturated rings. The van der Waals surface area contributed by atoms with Crippen molar-refractivity contribution in [3.8, 4) is 0 Å². The molecule has 19 heavy (non-hydrogen) atoms. The number of nitrogens with one attached hydrogen (secondary N) is 2. The van der Waals surface area contributed by atoms with Crippen molar-refractivity contribution in [2.45, 2.75) is 39.2 Å². The van der Waals surface area contributed by atoms with Crippen LogP contribution in [0.3, 0.4) is 0 Å². The Balaban J connectivity index is 4.24. The molecule has 0 saturated carbocycles. The summed E-state index contributed by atoms with van der Waals surface area (Å²) < 4.78 is 0. The monoisotopic (exact) mass is 273 g/mol. The van der Waals surface area contributed by atoms with Gasteiger partial charge in [0.25, 0.3) is 0 Å². The van der Waals surface area contributed by atoms with Crippen molar-refractivity contribution in [2.75, 3.05) is 20.1 Å². The lowest BCUT2D eigenvalue weighted by atomic mass is 10.2. The van der Waals surface area contributed by atoms with Crippen LogP contribution >= 0.6 is 0 Å². The Morgan fingerprint density at radius 1 is 1.21 bits per heavy atom. The van der Waals surface area contributed by atoms with Gasteiger partial charge in [0, 0.05) is 13.6 Å². The minimum Gasteiger partial charge on any atom is -0.480 e. The van der Waals surface area contributed by atoms with Gasteiger partial charge in [-0.25, -0.2) is 9.59 Å². The first kappa shape index (κ1) is 17.2. The number of amides is 3. The molecule has 0 aliphatic heterocycles. The van der Waals surface area contributed by atoms with Crippen LogP contribution in [0.5, 0.6) is 0 Å². The lowest BCUT2D eigenvalue weighted by Crippen LogP contribution is -2.49. The van der Waals surface area contributed by atoms with E-state index in [0.29, 0.717) is 19.4 Å². The standard InChI is InChI=1S/C12H23N3O4/c1-4-6-9(11(17)18)14-12(19)15(3)8-10(16)13-7-5-2/h9H,4-8H2,1-3H3,(H,13,16)(H,14,19)(H,17,18)/t9-/m1/s1. The zero-order chi connectivity index (χ0) is 14.8. The van der Waals surface area contributed by atoms with Gasteiger partial charge in [-0.05, 0) is 12.8 Å². The van der Waals surface area contributed by atoms with Crippen molar-refractivity contribution in [3.05, 3.63) is 0 Å². The van der Waals surface area contributed by atoms with Crippen LogP contribution in [-0.2, 0) is 9.59 Å². The average molecular weight is 273 g/mol. The second kappa shape index (κ2) is 9.18. The Labute approximate surface area is 113 Å². The van der Waals surface area contributed by atoms with Crippen LogP contribution in [0.1, 0.15) is 33.1 Å². The van der Waals surface area contributed by atoms with Crippen LogP contribution in [0.2, 0.25) is 0 Å². The van der Waals surface area contributed by atoms with Gasteiger partial charge in [-0.1, -0.05) is 20.3 Å². The first-order valence-electron chi connectivity index (χ1n) is 6.43. The molecule has 110 valence electrons. The molecule has 7 nitrogen and oxygen atoms in total. The molecule has 0 unspecified atom stereocenters. The summed E-state index contributed by atoms with van der Waals surface area (Å²) in [5.74, 6) is -1.33. The molecule has 1 atom stereocenters. The summed E-state index contributed by atoms with van der Waals surface area (Å²) in [6.07, 6.45) is 1.83. The molecule has 0 aromatic carbocycles. The number of carbonyl (C=O) groups excluding carboxylic acids is 2. The normalized spacial score (nSPS) is 11.5. The highest BCUT2D eigenvalue weighted by molar-refractivity contribution is 5.86. The summed E-state index contributed by atoms with van der Waals surface area (Å²) in [6.45, 7) is 4.23. The van der Waals surface area contributed by atoms with Crippen LogP contribution in [0.15, 0.2) is 0 Å². The van der Waals surface area contributed by atoms with E-state index >= 15 is 0 Å². The van der Waals surface area contributed by atoms with Gasteiger partial charge < -0.3 is 20.6 Å². The molecular weight excluding hydrogens is 250 g/mol. The third kappa shape index (κ3) is 7.28. The van der Waals surface area contributed by atoms with Crippen molar-refractivity contribution in [1.82, 2.24) is 15.5 Å². The smallest absolute Gasteiger partial charge is 0.326 e. The largest absolute Gasteiger partial charge is 0.480 e. The predicted molar refractivity (Wildman–Crippen MR) is 70.8 cm³/mol. The zero-order valence-electron chi connectivity index (χ0n) is 11.7. The summed E-state index contributed by atoms with van der Waals surface area (Å²) in [7, 11) is 1.45. The maximum absolute atomic E-state index is 11.7. The minimum atomic E-state index is -1.07. The molecule has 0 aliphatic carbocycles. The lowest BCUT2D eigenvalue weighted by Gasteiger charge is -2.20. The summed E-state index contributed by atoms with van der Waals surface area (Å²) in [6, 6.07) is -1.48. The SMILES string of the molecule is CCCNC(=O)CN(C)C(=O)N[C@H](CCC)C(=O)O. The van der Waals surface area contributed by atoms with E-state index in [2.05, 4.69) is 10.6 Å². The summed E-state index contributed by atoms with van der Waals surface area (Å²) in [5.41, 5.74) is 0. The molecule has 0 bridgehead atoms. The fourth-order valence-electron chi connectivity index (χ4n) is 1.41. The van der Waals surface area contributed by atoms with Gasteiger partial charge in [0.1, 0.15) is 12.6 Å². The van der Waals surface area contributed by atoms with Crippen molar-refractivity contribution >= 4 is 17.9 Å². The van der Waals surface area contributed by atoms with Gasteiger partial charge in [-0.2, -0.15) is 0 Å². The first-order valence-corrected chi connectivity index (χ1v) is 6.43. The average Bonchev–Trinajstić information content (AvgIpc) is 2.35. The number of aliphatic carboxylic acids is 1. The van der Waals surface area contributed by atoms with Crippen molar-refractivity contribution in [1.29, 1.82) is 0 Å². The second-order valence-corrected chi connectivity index (χ2v) is 4.34. The Morgan fingerprint density at radius 2 is 1.84 bits per heavy atom. The zero-order valence-corrected chi connectivity index (χ0v) is 11.7. The van der Waals surface area contributed by atoms with E-state index in [0.717, 1.165) is 11.3 Å². The highest BCUT2D eigenvalue weighted by atomic mass is 16.4. The second-order valence-electron chi connectivity index (χ2n) is 4.34. The number of carboxylic acid groups (broad SMARTS) is 1. The Bertz CT molecular complexity index is 320. The van der Waals surface area contributed by atoms with Gasteiger partial charge in [-0.3, -0.25) is 4.79 Å². The van der Waals surface area contributed by atoms with E-state index in [9.17, 15) is 14.4 Å². The van der Waals surface area contributed by atoms with Gasteiger partial charge in [0.15, 0.2) is 0 Å². The Kier molecular flexibility index (Phi) is 8.32. The topological polar surface area (TPSA) is 98.7 Å². The van der Waals surface area contributed by atoms with Crippen molar-refractivity contribution in [3.63, 3.8) is 0 Å². The number of carboxylic acids is 1. The number of hydrogen-bond acceptors (Lipinski definition) is 3. The summed E-state index contributed by atoms with van der Waals surface area (Å²) in [5, 5.41) is 13.9. The maximum atomic E-state index is 11.7. The minimum absolute atomic E-state index is 0.0930. The number of rotatable bonds is 8. The van der Waals surface area contributed by atoms with E-state index in [1.807, 2.05) is 13.8 Å². The van der Waals surface area contributed by atoms with E-state index in [1.165, 1.54) is 7.05 Å². The van der Waals surface area contributed by atoms with Crippen LogP contribution in [-0.4, -0.2) is 54.1 Å². The third-order valence-electron chi connectivity index (χ3n) is 2.47. The first-order chi connectivity index (χ1) is 8.92. The molecule has 3 N–H and O–H groups in total.